The maximum atomic E-state index is 12.9. The number of rotatable bonds is 7. The van der Waals surface area contributed by atoms with Gasteiger partial charge >= 0.3 is 5.97 Å². The molecular formula is C22H27NO3. The van der Waals surface area contributed by atoms with Crippen molar-refractivity contribution >= 4 is 5.97 Å². The molecule has 0 aliphatic heterocycles. The zero-order valence-corrected chi connectivity index (χ0v) is 15.7. The summed E-state index contributed by atoms with van der Waals surface area (Å²) in [5, 5.41) is 0. The Morgan fingerprint density at radius 1 is 1.12 bits per heavy atom. The summed E-state index contributed by atoms with van der Waals surface area (Å²) in [4.78, 5) is 17.4. The minimum atomic E-state index is -0.492. The van der Waals surface area contributed by atoms with Crippen molar-refractivity contribution in [1.29, 1.82) is 0 Å². The number of carbonyl (C=O) groups is 1. The predicted molar refractivity (Wildman–Crippen MR) is 101 cm³/mol. The van der Waals surface area contributed by atoms with Gasteiger partial charge in [-0.2, -0.15) is 0 Å². The molecule has 0 atom stereocenters. The van der Waals surface area contributed by atoms with E-state index in [4.69, 9.17) is 9.47 Å². The van der Waals surface area contributed by atoms with E-state index in [1.807, 2.05) is 49.4 Å². The van der Waals surface area contributed by atoms with Crippen molar-refractivity contribution in [1.82, 2.24) is 4.98 Å². The zero-order chi connectivity index (χ0) is 18.4. The highest BCUT2D eigenvalue weighted by Gasteiger charge is 2.44. The maximum absolute atomic E-state index is 12.9. The predicted octanol–water partition coefficient (Wildman–Crippen LogP) is 4.39. The van der Waals surface area contributed by atoms with Gasteiger partial charge in [0.15, 0.2) is 0 Å². The highest BCUT2D eigenvalue weighted by Crippen LogP contribution is 2.42. The van der Waals surface area contributed by atoms with Crippen molar-refractivity contribution in [3.05, 3.63) is 59.4 Å². The average molecular weight is 353 g/mol. The minimum Gasteiger partial charge on any atom is -0.497 e. The van der Waals surface area contributed by atoms with Crippen molar-refractivity contribution in [3.63, 3.8) is 0 Å². The molecule has 1 aliphatic rings. The van der Waals surface area contributed by atoms with Crippen LogP contribution in [0.2, 0.25) is 0 Å². The molecule has 1 saturated carbocycles. The van der Waals surface area contributed by atoms with Gasteiger partial charge < -0.3 is 9.47 Å². The molecule has 0 bridgehead atoms. The van der Waals surface area contributed by atoms with E-state index in [0.717, 1.165) is 61.2 Å². The summed E-state index contributed by atoms with van der Waals surface area (Å²) in [6.07, 6.45) is 5.46. The van der Waals surface area contributed by atoms with Gasteiger partial charge in [-0.05, 0) is 62.4 Å². The van der Waals surface area contributed by atoms with Gasteiger partial charge in [0.25, 0.3) is 0 Å². The molecule has 2 aromatic rings. The largest absolute Gasteiger partial charge is 0.497 e. The summed E-state index contributed by atoms with van der Waals surface area (Å²) >= 11 is 0. The van der Waals surface area contributed by atoms with Crippen molar-refractivity contribution in [2.75, 3.05) is 13.7 Å². The number of methoxy groups -OCH3 is 1. The molecule has 4 heteroatoms. The number of hydrogen-bond donors (Lipinski definition) is 0. The molecule has 0 spiro atoms. The lowest BCUT2D eigenvalue weighted by atomic mass is 9.79. The van der Waals surface area contributed by atoms with E-state index >= 15 is 0 Å². The standard InChI is InChI=1S/C22H27NO3/c1-17-7-5-8-19(23-17)9-6-16-26-21(24)22(14-3-4-15-22)18-10-12-20(25-2)13-11-18/h5,7-8,10-13H,3-4,6,9,14-16H2,1-2H3. The normalized spacial score (nSPS) is 15.6. The lowest BCUT2D eigenvalue weighted by Gasteiger charge is -2.27. The van der Waals surface area contributed by atoms with Gasteiger partial charge in [0.1, 0.15) is 5.75 Å². The second kappa shape index (κ2) is 8.35. The Hall–Kier alpha value is -2.36. The van der Waals surface area contributed by atoms with E-state index < -0.39 is 5.41 Å². The van der Waals surface area contributed by atoms with Gasteiger partial charge in [0.05, 0.1) is 19.1 Å². The Morgan fingerprint density at radius 2 is 1.85 bits per heavy atom. The number of hydrogen-bond acceptors (Lipinski definition) is 4. The molecule has 1 aliphatic carbocycles. The summed E-state index contributed by atoms with van der Waals surface area (Å²) in [5.74, 6) is 0.721. The number of benzene rings is 1. The molecular weight excluding hydrogens is 326 g/mol. The Labute approximate surface area is 155 Å². The van der Waals surface area contributed by atoms with Crippen LogP contribution in [0, 0.1) is 6.92 Å². The molecule has 4 nitrogen and oxygen atoms in total. The third-order valence-electron chi connectivity index (χ3n) is 5.25. The van der Waals surface area contributed by atoms with Gasteiger partial charge in [-0.15, -0.1) is 0 Å². The van der Waals surface area contributed by atoms with Crippen LogP contribution in [0.3, 0.4) is 0 Å². The fraction of sp³-hybridized carbons (Fsp3) is 0.455. The Kier molecular flexibility index (Phi) is 5.92. The van der Waals surface area contributed by atoms with Crippen LogP contribution in [0.15, 0.2) is 42.5 Å². The lowest BCUT2D eigenvalue weighted by molar-refractivity contribution is -0.150. The number of carbonyl (C=O) groups excluding carboxylic acids is 1. The Bertz CT molecular complexity index is 733. The van der Waals surface area contributed by atoms with Crippen LogP contribution in [0.5, 0.6) is 5.75 Å². The average Bonchev–Trinajstić information content (AvgIpc) is 3.16. The summed E-state index contributed by atoms with van der Waals surface area (Å²) in [7, 11) is 1.65. The quantitative estimate of drug-likeness (QED) is 0.547. The van der Waals surface area contributed by atoms with Crippen LogP contribution in [-0.2, 0) is 21.4 Å². The van der Waals surface area contributed by atoms with Crippen molar-refractivity contribution < 1.29 is 14.3 Å². The third kappa shape index (κ3) is 4.06. The number of nitrogens with zero attached hydrogens (tertiary/aromatic N) is 1. The first-order chi connectivity index (χ1) is 12.6. The fourth-order valence-corrected chi connectivity index (χ4v) is 3.79. The van der Waals surface area contributed by atoms with Gasteiger partial charge in [-0.25, -0.2) is 0 Å². The zero-order valence-electron chi connectivity index (χ0n) is 15.7. The number of ether oxygens (including phenoxy) is 2. The van der Waals surface area contributed by atoms with Crippen molar-refractivity contribution in [2.24, 2.45) is 0 Å². The summed E-state index contributed by atoms with van der Waals surface area (Å²) < 4.78 is 10.9. The van der Waals surface area contributed by atoms with Gasteiger partial charge in [-0.3, -0.25) is 9.78 Å². The molecule has 1 fully saturated rings. The maximum Gasteiger partial charge on any atom is 0.316 e. The van der Waals surface area contributed by atoms with Crippen LogP contribution in [0.1, 0.15) is 49.1 Å². The first-order valence-electron chi connectivity index (χ1n) is 9.38. The van der Waals surface area contributed by atoms with E-state index in [2.05, 4.69) is 4.98 Å². The summed E-state index contributed by atoms with van der Waals surface area (Å²) in [6, 6.07) is 13.9. The first kappa shape index (κ1) is 18.4. The summed E-state index contributed by atoms with van der Waals surface area (Å²) in [5.41, 5.74) is 2.62. The monoisotopic (exact) mass is 353 g/mol. The van der Waals surface area contributed by atoms with E-state index in [-0.39, 0.29) is 5.97 Å². The smallest absolute Gasteiger partial charge is 0.316 e. The first-order valence-corrected chi connectivity index (χ1v) is 9.38. The number of esters is 1. The molecule has 138 valence electrons. The lowest BCUT2D eigenvalue weighted by Crippen LogP contribution is -2.35. The third-order valence-corrected chi connectivity index (χ3v) is 5.25. The Balaban J connectivity index is 1.60. The van der Waals surface area contributed by atoms with Crippen LogP contribution in [-0.4, -0.2) is 24.7 Å². The molecule has 1 aromatic heterocycles. The molecule has 0 amide bonds. The van der Waals surface area contributed by atoms with E-state index in [1.54, 1.807) is 7.11 Å². The molecule has 1 aromatic carbocycles. The van der Waals surface area contributed by atoms with E-state index in [0.29, 0.717) is 6.61 Å². The molecule has 1 heterocycles. The van der Waals surface area contributed by atoms with Crippen LogP contribution < -0.4 is 4.74 Å². The fourth-order valence-electron chi connectivity index (χ4n) is 3.79. The van der Waals surface area contributed by atoms with Crippen LogP contribution in [0.4, 0.5) is 0 Å². The van der Waals surface area contributed by atoms with Gasteiger partial charge in [-0.1, -0.05) is 31.0 Å². The van der Waals surface area contributed by atoms with Gasteiger partial charge in [0.2, 0.25) is 0 Å². The minimum absolute atomic E-state index is 0.0858. The molecule has 0 radical (unpaired) electrons. The number of aromatic nitrogens is 1. The topological polar surface area (TPSA) is 48.4 Å². The highest BCUT2D eigenvalue weighted by atomic mass is 16.5. The second-order valence-corrected chi connectivity index (χ2v) is 7.03. The molecule has 0 unspecified atom stereocenters. The Morgan fingerprint density at radius 3 is 2.50 bits per heavy atom. The van der Waals surface area contributed by atoms with Crippen molar-refractivity contribution in [3.8, 4) is 5.75 Å². The summed E-state index contributed by atoms with van der Waals surface area (Å²) in [6.45, 7) is 2.43. The van der Waals surface area contributed by atoms with Gasteiger partial charge in [0, 0.05) is 11.4 Å². The molecule has 3 rings (SSSR count). The van der Waals surface area contributed by atoms with Crippen molar-refractivity contribution in [2.45, 2.75) is 50.9 Å². The SMILES string of the molecule is COc1ccc(C2(C(=O)OCCCc3cccc(C)n3)CCCC2)cc1. The highest BCUT2D eigenvalue weighted by molar-refractivity contribution is 5.83. The molecule has 0 saturated heterocycles. The second-order valence-electron chi connectivity index (χ2n) is 7.03. The number of aryl methyl sites for hydroxylation is 2. The van der Waals surface area contributed by atoms with Crippen LogP contribution in [0.25, 0.3) is 0 Å². The van der Waals surface area contributed by atoms with E-state index in [1.165, 1.54) is 0 Å². The molecule has 26 heavy (non-hydrogen) atoms. The number of pyridine rings is 1. The van der Waals surface area contributed by atoms with Crippen LogP contribution >= 0.6 is 0 Å². The van der Waals surface area contributed by atoms with E-state index in [9.17, 15) is 4.79 Å². The molecule has 0 N–H and O–H groups in total.